The molecule has 27 heavy (non-hydrogen) atoms. The van der Waals surface area contributed by atoms with Crippen molar-refractivity contribution in [2.75, 3.05) is 6.61 Å². The maximum Gasteiger partial charge on any atom is 0.422 e. The zero-order valence-electron chi connectivity index (χ0n) is 14.7. The molecule has 0 saturated carbocycles. The van der Waals surface area contributed by atoms with Crippen LogP contribution < -0.4 is 10.1 Å². The molecule has 0 aliphatic carbocycles. The van der Waals surface area contributed by atoms with Gasteiger partial charge in [0, 0.05) is 11.6 Å². The van der Waals surface area contributed by atoms with E-state index in [1.807, 2.05) is 0 Å². The van der Waals surface area contributed by atoms with Crippen molar-refractivity contribution in [3.63, 3.8) is 0 Å². The molecule has 7 nitrogen and oxygen atoms in total. The minimum Gasteiger partial charge on any atom is -0.484 e. The fraction of sp³-hybridized carbons (Fsp3) is 0.353. The third-order valence-electron chi connectivity index (χ3n) is 3.71. The Balaban J connectivity index is 2.26. The number of carbonyl (C=O) groups is 1. The number of carbonyl (C=O) groups excluding carboxylic acids is 1. The summed E-state index contributed by atoms with van der Waals surface area (Å²) in [5.74, 6) is 0.102. The Morgan fingerprint density at radius 2 is 2.00 bits per heavy atom. The highest BCUT2D eigenvalue weighted by molar-refractivity contribution is 5.98. The van der Waals surface area contributed by atoms with Gasteiger partial charge in [0.25, 0.3) is 11.6 Å². The molecule has 1 amide bonds. The number of halogens is 3. The molecule has 1 heterocycles. The van der Waals surface area contributed by atoms with Crippen molar-refractivity contribution in [3.05, 3.63) is 57.0 Å². The number of benzene rings is 1. The van der Waals surface area contributed by atoms with Gasteiger partial charge in [0.05, 0.1) is 11.0 Å². The van der Waals surface area contributed by atoms with E-state index in [4.69, 9.17) is 4.42 Å². The maximum absolute atomic E-state index is 12.5. The molecule has 1 N–H and O–H groups in total. The number of aryl methyl sites for hydroxylation is 2. The second-order valence-electron chi connectivity index (χ2n) is 5.90. The fourth-order valence-electron chi connectivity index (χ4n) is 2.54. The maximum atomic E-state index is 12.5. The third kappa shape index (κ3) is 5.22. The molecule has 0 aliphatic heterocycles. The molecule has 1 unspecified atom stereocenters. The predicted molar refractivity (Wildman–Crippen MR) is 88.7 cm³/mol. The van der Waals surface area contributed by atoms with Crippen molar-refractivity contribution in [1.29, 1.82) is 0 Å². The number of nitrogens with one attached hydrogen (secondary N) is 1. The number of nitro benzene ring substituents is 1. The second kappa shape index (κ2) is 7.68. The van der Waals surface area contributed by atoms with Crippen LogP contribution in [-0.4, -0.2) is 23.6 Å². The smallest absolute Gasteiger partial charge is 0.422 e. The van der Waals surface area contributed by atoms with Crippen molar-refractivity contribution in [1.82, 2.24) is 5.32 Å². The van der Waals surface area contributed by atoms with Gasteiger partial charge in [0.15, 0.2) is 6.61 Å². The summed E-state index contributed by atoms with van der Waals surface area (Å²) in [4.78, 5) is 22.9. The zero-order chi connectivity index (χ0) is 20.4. The van der Waals surface area contributed by atoms with Gasteiger partial charge in [0.1, 0.15) is 22.8 Å². The normalized spacial score (nSPS) is 12.5. The van der Waals surface area contributed by atoms with E-state index in [0.29, 0.717) is 17.1 Å². The number of amides is 1. The van der Waals surface area contributed by atoms with Gasteiger partial charge in [-0.3, -0.25) is 14.9 Å². The van der Waals surface area contributed by atoms with E-state index >= 15 is 0 Å². The van der Waals surface area contributed by atoms with Gasteiger partial charge in [-0.05, 0) is 39.0 Å². The van der Waals surface area contributed by atoms with E-state index in [9.17, 15) is 28.1 Å². The average Bonchev–Trinajstić information content (AvgIpc) is 2.90. The van der Waals surface area contributed by atoms with Gasteiger partial charge >= 0.3 is 6.18 Å². The van der Waals surface area contributed by atoms with Gasteiger partial charge in [-0.15, -0.1) is 0 Å². The van der Waals surface area contributed by atoms with Crippen molar-refractivity contribution in [2.24, 2.45) is 0 Å². The number of nitrogens with zero attached hydrogens (tertiary/aromatic N) is 1. The molecule has 0 aliphatic rings. The molecule has 0 spiro atoms. The summed E-state index contributed by atoms with van der Waals surface area (Å²) in [7, 11) is 0. The van der Waals surface area contributed by atoms with Gasteiger partial charge in [0.2, 0.25) is 0 Å². The minimum atomic E-state index is -4.57. The number of nitro groups is 1. The third-order valence-corrected chi connectivity index (χ3v) is 3.71. The number of furan rings is 1. The van der Waals surface area contributed by atoms with E-state index in [1.165, 1.54) is 0 Å². The van der Waals surface area contributed by atoms with Crippen LogP contribution in [0.1, 0.15) is 40.4 Å². The second-order valence-corrected chi connectivity index (χ2v) is 5.90. The fourth-order valence-corrected chi connectivity index (χ4v) is 2.54. The molecule has 10 heteroatoms. The quantitative estimate of drug-likeness (QED) is 0.592. The first-order valence-corrected chi connectivity index (χ1v) is 7.83. The van der Waals surface area contributed by atoms with Crippen LogP contribution in [0.4, 0.5) is 18.9 Å². The van der Waals surface area contributed by atoms with Gasteiger partial charge < -0.3 is 14.5 Å². The molecule has 1 atom stereocenters. The number of ether oxygens (including phenoxy) is 1. The summed E-state index contributed by atoms with van der Waals surface area (Å²) in [5, 5.41) is 13.7. The molecule has 1 aromatic carbocycles. The highest BCUT2D eigenvalue weighted by atomic mass is 19.4. The Morgan fingerprint density at radius 3 is 2.52 bits per heavy atom. The van der Waals surface area contributed by atoms with Crippen LogP contribution in [0, 0.1) is 24.0 Å². The number of alkyl halides is 3. The van der Waals surface area contributed by atoms with E-state index in [-0.39, 0.29) is 5.75 Å². The van der Waals surface area contributed by atoms with Crippen molar-refractivity contribution in [2.45, 2.75) is 33.0 Å². The summed E-state index contributed by atoms with van der Waals surface area (Å²) in [6.07, 6.45) is -4.57. The topological polar surface area (TPSA) is 94.6 Å². The van der Waals surface area contributed by atoms with Gasteiger partial charge in [-0.1, -0.05) is 0 Å². The Kier molecular flexibility index (Phi) is 5.77. The van der Waals surface area contributed by atoms with E-state index in [0.717, 1.165) is 18.2 Å². The van der Waals surface area contributed by atoms with Crippen LogP contribution in [0.25, 0.3) is 0 Å². The number of hydrogen-bond donors (Lipinski definition) is 1. The van der Waals surface area contributed by atoms with E-state index in [1.54, 1.807) is 26.8 Å². The van der Waals surface area contributed by atoms with E-state index < -0.39 is 40.9 Å². The summed E-state index contributed by atoms with van der Waals surface area (Å²) < 4.78 is 46.8. The Hall–Kier alpha value is -3.04. The molecule has 2 aromatic rings. The SMILES string of the molecule is Cc1cc(C(C)NC(=O)c2cc(OCC(F)(F)F)ccc2[N+](=O)[O-])c(C)o1. The summed E-state index contributed by atoms with van der Waals surface area (Å²) >= 11 is 0. The number of rotatable bonds is 6. The zero-order valence-corrected chi connectivity index (χ0v) is 14.7. The molecular weight excluding hydrogens is 369 g/mol. The molecule has 2 rings (SSSR count). The van der Waals surface area contributed by atoms with Crippen LogP contribution in [0.15, 0.2) is 28.7 Å². The van der Waals surface area contributed by atoms with E-state index in [2.05, 4.69) is 10.1 Å². The van der Waals surface area contributed by atoms with Crippen LogP contribution in [-0.2, 0) is 0 Å². The van der Waals surface area contributed by atoms with Crippen molar-refractivity contribution < 1.29 is 32.0 Å². The summed E-state index contributed by atoms with van der Waals surface area (Å²) in [6, 6.07) is 4.04. The standard InChI is InChI=1S/C17H17F3N2O5/c1-9-6-13(11(3)27-9)10(2)21-16(23)14-7-12(26-8-17(18,19)20)4-5-15(14)22(24)25/h4-7,10H,8H2,1-3H3,(H,21,23). The van der Waals surface area contributed by atoms with Crippen LogP contribution in [0.3, 0.4) is 0 Å². The molecule has 0 saturated heterocycles. The Bertz CT molecular complexity index is 861. The first kappa shape index (κ1) is 20.3. The summed E-state index contributed by atoms with van der Waals surface area (Å²) in [5.41, 5.74) is -0.253. The lowest BCUT2D eigenvalue weighted by molar-refractivity contribution is -0.385. The lowest BCUT2D eigenvalue weighted by atomic mass is 10.1. The summed E-state index contributed by atoms with van der Waals surface area (Å²) in [6.45, 7) is 3.52. The van der Waals surface area contributed by atoms with Gasteiger partial charge in [-0.2, -0.15) is 13.2 Å². The monoisotopic (exact) mass is 386 g/mol. The molecule has 0 radical (unpaired) electrons. The minimum absolute atomic E-state index is 0.300. The highest BCUT2D eigenvalue weighted by Crippen LogP contribution is 2.27. The molecule has 1 aromatic heterocycles. The molecule has 0 fully saturated rings. The first-order chi connectivity index (χ1) is 12.5. The average molecular weight is 386 g/mol. The van der Waals surface area contributed by atoms with Gasteiger partial charge in [-0.25, -0.2) is 0 Å². The van der Waals surface area contributed by atoms with Crippen LogP contribution >= 0.6 is 0 Å². The van der Waals surface area contributed by atoms with Crippen LogP contribution in [0.5, 0.6) is 5.75 Å². The Morgan fingerprint density at radius 1 is 1.33 bits per heavy atom. The molecule has 0 bridgehead atoms. The highest BCUT2D eigenvalue weighted by Gasteiger charge is 2.29. The van der Waals surface area contributed by atoms with Crippen LogP contribution in [0.2, 0.25) is 0 Å². The lowest BCUT2D eigenvalue weighted by Gasteiger charge is -2.14. The lowest BCUT2D eigenvalue weighted by Crippen LogP contribution is -2.27. The Labute approximate surface area is 152 Å². The molecule has 146 valence electrons. The first-order valence-electron chi connectivity index (χ1n) is 7.83. The largest absolute Gasteiger partial charge is 0.484 e. The predicted octanol–water partition coefficient (Wildman–Crippen LogP) is 4.24. The van der Waals surface area contributed by atoms with Crippen molar-refractivity contribution in [3.8, 4) is 5.75 Å². The number of hydrogen-bond acceptors (Lipinski definition) is 5. The van der Waals surface area contributed by atoms with Crippen molar-refractivity contribution >= 4 is 11.6 Å². The molecular formula is C17H17F3N2O5.